The molecule has 0 saturated carbocycles. The van der Waals surface area contributed by atoms with Crippen LogP contribution in [0.1, 0.15) is 0 Å². The molecule has 0 N–H and O–H groups in total. The predicted octanol–water partition coefficient (Wildman–Crippen LogP) is 2.36. The lowest BCUT2D eigenvalue weighted by Gasteiger charge is -2.34. The van der Waals surface area contributed by atoms with Gasteiger partial charge in [-0.2, -0.15) is 4.31 Å². The van der Waals surface area contributed by atoms with Crippen molar-refractivity contribution >= 4 is 50.4 Å². The van der Waals surface area contributed by atoms with Gasteiger partial charge in [0.2, 0.25) is 0 Å². The van der Waals surface area contributed by atoms with E-state index >= 15 is 0 Å². The molecule has 1 saturated heterocycles. The zero-order valence-corrected chi connectivity index (χ0v) is 14.5. The van der Waals surface area contributed by atoms with Crippen LogP contribution in [0.25, 0.3) is 0 Å². The van der Waals surface area contributed by atoms with E-state index in [9.17, 15) is 8.42 Å². The Kier molecular flexibility index (Phi) is 4.56. The second-order valence-electron chi connectivity index (χ2n) is 4.65. The van der Waals surface area contributed by atoms with Crippen LogP contribution in [0.2, 0.25) is 9.49 Å². The van der Waals surface area contributed by atoms with E-state index in [2.05, 4.69) is 9.97 Å². The van der Waals surface area contributed by atoms with Crippen molar-refractivity contribution < 1.29 is 8.42 Å². The summed E-state index contributed by atoms with van der Waals surface area (Å²) in [5, 5.41) is 0.320. The Morgan fingerprint density at radius 3 is 2.41 bits per heavy atom. The minimum atomic E-state index is -3.48. The highest BCUT2D eigenvalue weighted by Gasteiger charge is 2.30. The molecule has 0 spiro atoms. The second kappa shape index (κ2) is 6.29. The van der Waals surface area contributed by atoms with Gasteiger partial charge in [-0.1, -0.05) is 23.2 Å². The molecule has 118 valence electrons. The van der Waals surface area contributed by atoms with E-state index in [0.717, 1.165) is 11.3 Å². The molecule has 0 atom stereocenters. The van der Waals surface area contributed by atoms with Crippen molar-refractivity contribution in [1.29, 1.82) is 0 Å². The van der Waals surface area contributed by atoms with Gasteiger partial charge in [0, 0.05) is 26.2 Å². The first-order valence-electron chi connectivity index (χ1n) is 6.45. The molecule has 3 rings (SSSR count). The number of hydrogen-bond acceptors (Lipinski definition) is 6. The Labute approximate surface area is 142 Å². The fourth-order valence-electron chi connectivity index (χ4n) is 2.21. The lowest BCUT2D eigenvalue weighted by molar-refractivity contribution is 0.384. The summed E-state index contributed by atoms with van der Waals surface area (Å²) < 4.78 is 27.2. The first kappa shape index (κ1) is 15.9. The fraction of sp³-hybridized carbons (Fsp3) is 0.333. The van der Waals surface area contributed by atoms with E-state index in [4.69, 9.17) is 23.2 Å². The topological polar surface area (TPSA) is 66.4 Å². The summed E-state index contributed by atoms with van der Waals surface area (Å²) in [7, 11) is -3.48. The van der Waals surface area contributed by atoms with Crippen LogP contribution >= 0.6 is 34.5 Å². The molecule has 22 heavy (non-hydrogen) atoms. The number of nitrogens with zero attached hydrogens (tertiary/aromatic N) is 4. The Morgan fingerprint density at radius 1 is 1.09 bits per heavy atom. The third kappa shape index (κ3) is 3.21. The Bertz CT molecular complexity index is 773. The van der Waals surface area contributed by atoms with Crippen LogP contribution in [0.4, 0.5) is 5.82 Å². The summed E-state index contributed by atoms with van der Waals surface area (Å²) in [6.07, 6.45) is 3.08. The summed E-state index contributed by atoms with van der Waals surface area (Å²) in [5.74, 6) is 0.656. The standard InChI is InChI=1S/C12H12Cl2N4O2S2/c13-9-7-15-8-11(16-9)17-3-5-18(6-4-17)22(19,20)12-2-1-10(14)21-12/h1-2,7-8H,3-6H2. The fourth-order valence-corrected chi connectivity index (χ4v) is 5.41. The van der Waals surface area contributed by atoms with Crippen LogP contribution in [-0.2, 0) is 10.0 Å². The van der Waals surface area contributed by atoms with Gasteiger partial charge in [-0.3, -0.25) is 4.98 Å². The van der Waals surface area contributed by atoms with E-state index in [1.807, 2.05) is 4.90 Å². The molecule has 0 aromatic carbocycles. The molecule has 2 aromatic rings. The third-order valence-corrected chi connectivity index (χ3v) is 7.08. The molecule has 0 aliphatic carbocycles. The number of hydrogen-bond donors (Lipinski definition) is 0. The Hall–Kier alpha value is -0.930. The van der Waals surface area contributed by atoms with Crippen molar-refractivity contribution in [1.82, 2.24) is 14.3 Å². The molecule has 0 amide bonds. The van der Waals surface area contributed by atoms with Crippen LogP contribution in [0, 0.1) is 0 Å². The van der Waals surface area contributed by atoms with E-state index in [1.54, 1.807) is 12.3 Å². The molecule has 0 bridgehead atoms. The van der Waals surface area contributed by atoms with Gasteiger partial charge in [0.15, 0.2) is 0 Å². The molecule has 0 radical (unpaired) electrons. The first-order valence-corrected chi connectivity index (χ1v) is 9.46. The highest BCUT2D eigenvalue weighted by atomic mass is 35.5. The highest BCUT2D eigenvalue weighted by molar-refractivity contribution is 7.91. The summed E-state index contributed by atoms with van der Waals surface area (Å²) >= 11 is 12.7. The first-order chi connectivity index (χ1) is 10.5. The van der Waals surface area contributed by atoms with Gasteiger partial charge in [-0.25, -0.2) is 13.4 Å². The number of piperazine rings is 1. The maximum absolute atomic E-state index is 12.5. The molecule has 10 heteroatoms. The van der Waals surface area contributed by atoms with Crippen LogP contribution < -0.4 is 4.90 Å². The Morgan fingerprint density at radius 2 is 1.82 bits per heavy atom. The van der Waals surface area contributed by atoms with Crippen molar-refractivity contribution in [2.75, 3.05) is 31.1 Å². The number of anilines is 1. The molecule has 3 heterocycles. The van der Waals surface area contributed by atoms with Crippen LogP contribution in [-0.4, -0.2) is 48.9 Å². The van der Waals surface area contributed by atoms with E-state index < -0.39 is 10.0 Å². The van der Waals surface area contributed by atoms with Crippen molar-refractivity contribution in [2.24, 2.45) is 0 Å². The number of sulfonamides is 1. The predicted molar refractivity (Wildman–Crippen MR) is 87.3 cm³/mol. The molecular weight excluding hydrogens is 367 g/mol. The van der Waals surface area contributed by atoms with Crippen molar-refractivity contribution in [2.45, 2.75) is 4.21 Å². The zero-order valence-electron chi connectivity index (χ0n) is 11.3. The summed E-state index contributed by atoms with van der Waals surface area (Å²) in [6, 6.07) is 3.13. The number of thiophene rings is 1. The molecule has 1 fully saturated rings. The van der Waals surface area contributed by atoms with Gasteiger partial charge in [0.25, 0.3) is 10.0 Å². The number of halogens is 2. The minimum absolute atomic E-state index is 0.272. The van der Waals surface area contributed by atoms with E-state index in [-0.39, 0.29) is 4.21 Å². The molecule has 1 aliphatic heterocycles. The van der Waals surface area contributed by atoms with Gasteiger partial charge in [-0.15, -0.1) is 11.3 Å². The Balaban J connectivity index is 1.72. The number of rotatable bonds is 3. The van der Waals surface area contributed by atoms with Gasteiger partial charge in [0.1, 0.15) is 15.2 Å². The SMILES string of the molecule is O=S(=O)(c1ccc(Cl)s1)N1CCN(c2cncc(Cl)n2)CC1. The van der Waals surface area contributed by atoms with Crippen LogP contribution in [0.3, 0.4) is 0 Å². The zero-order chi connectivity index (χ0) is 15.7. The van der Waals surface area contributed by atoms with Gasteiger partial charge in [-0.05, 0) is 12.1 Å². The van der Waals surface area contributed by atoms with E-state index in [0.29, 0.717) is 41.5 Å². The summed E-state index contributed by atoms with van der Waals surface area (Å²) in [6.45, 7) is 1.83. The largest absolute Gasteiger partial charge is 0.353 e. The molecule has 2 aromatic heterocycles. The van der Waals surface area contributed by atoms with E-state index in [1.165, 1.54) is 16.6 Å². The molecule has 1 aliphatic rings. The summed E-state index contributed by atoms with van der Waals surface area (Å²) in [4.78, 5) is 10.2. The maximum atomic E-state index is 12.5. The number of aromatic nitrogens is 2. The van der Waals surface area contributed by atoms with Crippen LogP contribution in [0.15, 0.2) is 28.7 Å². The third-order valence-electron chi connectivity index (χ3n) is 3.30. The van der Waals surface area contributed by atoms with Gasteiger partial charge < -0.3 is 4.90 Å². The monoisotopic (exact) mass is 378 g/mol. The van der Waals surface area contributed by atoms with Crippen LogP contribution in [0.5, 0.6) is 0 Å². The van der Waals surface area contributed by atoms with Crippen molar-refractivity contribution in [3.63, 3.8) is 0 Å². The van der Waals surface area contributed by atoms with Gasteiger partial charge >= 0.3 is 0 Å². The lowest BCUT2D eigenvalue weighted by atomic mass is 10.3. The summed E-state index contributed by atoms with van der Waals surface area (Å²) in [5.41, 5.74) is 0. The molecule has 6 nitrogen and oxygen atoms in total. The maximum Gasteiger partial charge on any atom is 0.252 e. The van der Waals surface area contributed by atoms with Crippen molar-refractivity contribution in [3.05, 3.63) is 34.0 Å². The normalized spacial score (nSPS) is 16.9. The second-order valence-corrected chi connectivity index (χ2v) is 8.92. The van der Waals surface area contributed by atoms with Crippen molar-refractivity contribution in [3.8, 4) is 0 Å². The highest BCUT2D eigenvalue weighted by Crippen LogP contribution is 2.29. The average molecular weight is 379 g/mol. The quantitative estimate of drug-likeness (QED) is 0.819. The minimum Gasteiger partial charge on any atom is -0.353 e. The smallest absolute Gasteiger partial charge is 0.252 e. The molecule has 0 unspecified atom stereocenters. The lowest BCUT2D eigenvalue weighted by Crippen LogP contribution is -2.48. The molecular formula is C12H12Cl2N4O2S2. The van der Waals surface area contributed by atoms with Gasteiger partial charge in [0.05, 0.1) is 16.7 Å². The average Bonchev–Trinajstić information content (AvgIpc) is 2.95.